The van der Waals surface area contributed by atoms with E-state index in [2.05, 4.69) is 21.2 Å². The first-order chi connectivity index (χ1) is 10.5. The second-order valence-corrected chi connectivity index (χ2v) is 5.81. The van der Waals surface area contributed by atoms with Crippen LogP contribution in [0.15, 0.2) is 40.9 Å². The summed E-state index contributed by atoms with van der Waals surface area (Å²) in [6, 6.07) is 12.7. The molecular weight excluding hydrogens is 344 g/mol. The summed E-state index contributed by atoms with van der Waals surface area (Å²) in [5, 5.41) is 11.6. The molecule has 4 nitrogen and oxygen atoms in total. The van der Waals surface area contributed by atoms with E-state index >= 15 is 0 Å². The maximum Gasteiger partial charge on any atom is 0.262 e. The standard InChI is InChI=1S/C17H15BrN2O2/c1-11-6-14(18)7-12(2)17(11)22-10-16(21)20-15-5-3-4-13(8-15)9-19/h3-8H,10H2,1-2H3,(H,20,21). The Morgan fingerprint density at radius 1 is 1.27 bits per heavy atom. The molecule has 0 fully saturated rings. The molecule has 0 atom stereocenters. The van der Waals surface area contributed by atoms with Gasteiger partial charge < -0.3 is 10.1 Å². The van der Waals surface area contributed by atoms with E-state index in [-0.39, 0.29) is 12.5 Å². The summed E-state index contributed by atoms with van der Waals surface area (Å²) in [5.41, 5.74) is 3.01. The van der Waals surface area contributed by atoms with Gasteiger partial charge in [0.15, 0.2) is 6.61 Å². The van der Waals surface area contributed by atoms with Gasteiger partial charge in [-0.15, -0.1) is 0 Å². The summed E-state index contributed by atoms with van der Waals surface area (Å²) >= 11 is 3.42. The lowest BCUT2D eigenvalue weighted by Crippen LogP contribution is -2.20. The van der Waals surface area contributed by atoms with E-state index in [4.69, 9.17) is 10.00 Å². The Kier molecular flexibility index (Phi) is 5.18. The molecule has 2 rings (SSSR count). The summed E-state index contributed by atoms with van der Waals surface area (Å²) in [5.74, 6) is 0.445. The fraction of sp³-hybridized carbons (Fsp3) is 0.176. The average Bonchev–Trinajstić information content (AvgIpc) is 2.46. The van der Waals surface area contributed by atoms with Crippen molar-refractivity contribution in [2.45, 2.75) is 13.8 Å². The van der Waals surface area contributed by atoms with E-state index in [0.29, 0.717) is 17.0 Å². The molecule has 5 heteroatoms. The molecule has 0 unspecified atom stereocenters. The number of benzene rings is 2. The van der Waals surface area contributed by atoms with Gasteiger partial charge in [-0.2, -0.15) is 5.26 Å². The Labute approximate surface area is 137 Å². The first-order valence-corrected chi connectivity index (χ1v) is 7.48. The largest absolute Gasteiger partial charge is 0.483 e. The SMILES string of the molecule is Cc1cc(Br)cc(C)c1OCC(=O)Nc1cccc(C#N)c1. The molecule has 22 heavy (non-hydrogen) atoms. The zero-order chi connectivity index (χ0) is 16.1. The second kappa shape index (κ2) is 7.10. The molecular formula is C17H15BrN2O2. The van der Waals surface area contributed by atoms with Gasteiger partial charge in [-0.1, -0.05) is 22.0 Å². The van der Waals surface area contributed by atoms with Crippen LogP contribution in [-0.4, -0.2) is 12.5 Å². The van der Waals surface area contributed by atoms with Crippen LogP contribution in [0, 0.1) is 25.2 Å². The van der Waals surface area contributed by atoms with E-state index in [9.17, 15) is 4.79 Å². The molecule has 0 saturated carbocycles. The van der Waals surface area contributed by atoms with Crippen LogP contribution in [0.3, 0.4) is 0 Å². The van der Waals surface area contributed by atoms with Crippen molar-refractivity contribution in [3.8, 4) is 11.8 Å². The molecule has 112 valence electrons. The molecule has 0 spiro atoms. The smallest absolute Gasteiger partial charge is 0.262 e. The van der Waals surface area contributed by atoms with Crippen molar-refractivity contribution in [1.29, 1.82) is 5.26 Å². The van der Waals surface area contributed by atoms with Crippen molar-refractivity contribution >= 4 is 27.5 Å². The van der Waals surface area contributed by atoms with Crippen LogP contribution < -0.4 is 10.1 Å². The summed E-state index contributed by atoms with van der Waals surface area (Å²) in [6.45, 7) is 3.78. The summed E-state index contributed by atoms with van der Waals surface area (Å²) < 4.78 is 6.59. The van der Waals surface area contributed by atoms with Crippen LogP contribution in [-0.2, 0) is 4.79 Å². The van der Waals surface area contributed by atoms with Crippen LogP contribution in [0.5, 0.6) is 5.75 Å². The van der Waals surface area contributed by atoms with Crippen molar-refractivity contribution in [3.63, 3.8) is 0 Å². The van der Waals surface area contributed by atoms with Gasteiger partial charge in [0.1, 0.15) is 5.75 Å². The molecule has 0 aromatic heterocycles. The third kappa shape index (κ3) is 4.09. The molecule has 0 radical (unpaired) electrons. The number of amides is 1. The minimum atomic E-state index is -0.267. The zero-order valence-electron chi connectivity index (χ0n) is 12.3. The normalized spacial score (nSPS) is 9.91. The second-order valence-electron chi connectivity index (χ2n) is 4.90. The predicted octanol–water partition coefficient (Wildman–Crippen LogP) is 3.96. The van der Waals surface area contributed by atoms with E-state index in [1.54, 1.807) is 24.3 Å². The van der Waals surface area contributed by atoms with Crippen LogP contribution >= 0.6 is 15.9 Å². The number of ether oxygens (including phenoxy) is 1. The number of hydrogen-bond acceptors (Lipinski definition) is 3. The van der Waals surface area contributed by atoms with Crippen molar-refractivity contribution in [3.05, 3.63) is 57.6 Å². The number of nitrogens with zero attached hydrogens (tertiary/aromatic N) is 1. The van der Waals surface area contributed by atoms with Gasteiger partial charge in [-0.05, 0) is 55.3 Å². The van der Waals surface area contributed by atoms with Gasteiger partial charge in [0.05, 0.1) is 11.6 Å². The Bertz CT molecular complexity index is 728. The molecule has 1 amide bonds. The maximum atomic E-state index is 11.9. The summed E-state index contributed by atoms with van der Waals surface area (Å²) in [4.78, 5) is 11.9. The first-order valence-electron chi connectivity index (χ1n) is 6.69. The minimum Gasteiger partial charge on any atom is -0.483 e. The van der Waals surface area contributed by atoms with Gasteiger partial charge in [-0.3, -0.25) is 4.79 Å². The zero-order valence-corrected chi connectivity index (χ0v) is 13.9. The topological polar surface area (TPSA) is 62.1 Å². The molecule has 0 bridgehead atoms. The molecule has 0 aliphatic carbocycles. The number of rotatable bonds is 4. The van der Waals surface area contributed by atoms with Gasteiger partial charge in [-0.25, -0.2) is 0 Å². The molecule has 0 heterocycles. The Morgan fingerprint density at radius 3 is 2.59 bits per heavy atom. The lowest BCUT2D eigenvalue weighted by Gasteiger charge is -2.12. The van der Waals surface area contributed by atoms with E-state index in [1.807, 2.05) is 32.0 Å². The highest BCUT2D eigenvalue weighted by Crippen LogP contribution is 2.27. The van der Waals surface area contributed by atoms with Crippen LogP contribution in [0.2, 0.25) is 0 Å². The molecule has 0 saturated heterocycles. The van der Waals surface area contributed by atoms with E-state index in [1.165, 1.54) is 0 Å². The number of carbonyl (C=O) groups excluding carboxylic acids is 1. The first kappa shape index (κ1) is 16.1. The Hall–Kier alpha value is -2.32. The van der Waals surface area contributed by atoms with Crippen molar-refractivity contribution < 1.29 is 9.53 Å². The monoisotopic (exact) mass is 358 g/mol. The van der Waals surface area contributed by atoms with E-state index < -0.39 is 0 Å². The summed E-state index contributed by atoms with van der Waals surface area (Å²) in [6.07, 6.45) is 0. The number of aryl methyl sites for hydroxylation is 2. The van der Waals surface area contributed by atoms with Gasteiger partial charge in [0, 0.05) is 10.2 Å². The van der Waals surface area contributed by atoms with Crippen molar-refractivity contribution in [1.82, 2.24) is 0 Å². The van der Waals surface area contributed by atoms with Gasteiger partial charge in [0.25, 0.3) is 5.91 Å². The number of nitrogens with one attached hydrogen (secondary N) is 1. The predicted molar refractivity (Wildman–Crippen MR) is 88.9 cm³/mol. The lowest BCUT2D eigenvalue weighted by atomic mass is 10.1. The molecule has 2 aromatic rings. The van der Waals surface area contributed by atoms with Crippen molar-refractivity contribution in [2.24, 2.45) is 0 Å². The Balaban J connectivity index is 2.00. The average molecular weight is 359 g/mol. The summed E-state index contributed by atoms with van der Waals surface area (Å²) in [7, 11) is 0. The van der Waals surface area contributed by atoms with Gasteiger partial charge >= 0.3 is 0 Å². The number of hydrogen-bond donors (Lipinski definition) is 1. The number of nitriles is 1. The highest BCUT2D eigenvalue weighted by molar-refractivity contribution is 9.10. The third-order valence-corrected chi connectivity index (χ3v) is 3.51. The molecule has 2 aromatic carbocycles. The van der Waals surface area contributed by atoms with Crippen LogP contribution in [0.25, 0.3) is 0 Å². The number of carbonyl (C=O) groups is 1. The van der Waals surface area contributed by atoms with E-state index in [0.717, 1.165) is 15.6 Å². The Morgan fingerprint density at radius 2 is 1.95 bits per heavy atom. The molecule has 1 N–H and O–H groups in total. The fourth-order valence-corrected chi connectivity index (χ4v) is 2.81. The highest BCUT2D eigenvalue weighted by Gasteiger charge is 2.09. The number of halogens is 1. The van der Waals surface area contributed by atoms with Gasteiger partial charge in [0.2, 0.25) is 0 Å². The third-order valence-electron chi connectivity index (χ3n) is 3.05. The fourth-order valence-electron chi connectivity index (χ4n) is 2.13. The maximum absolute atomic E-state index is 11.9. The molecule has 0 aliphatic rings. The quantitative estimate of drug-likeness (QED) is 0.899. The number of anilines is 1. The molecule has 0 aliphatic heterocycles. The van der Waals surface area contributed by atoms with Crippen LogP contribution in [0.1, 0.15) is 16.7 Å². The van der Waals surface area contributed by atoms with Crippen molar-refractivity contribution in [2.75, 3.05) is 11.9 Å². The lowest BCUT2D eigenvalue weighted by molar-refractivity contribution is -0.118. The van der Waals surface area contributed by atoms with Crippen LogP contribution in [0.4, 0.5) is 5.69 Å². The minimum absolute atomic E-state index is 0.0832. The highest BCUT2D eigenvalue weighted by atomic mass is 79.9.